The van der Waals surface area contributed by atoms with E-state index in [0.717, 1.165) is 30.9 Å². The Bertz CT molecular complexity index is 1000. The summed E-state index contributed by atoms with van der Waals surface area (Å²) in [6.07, 6.45) is -3.24. The van der Waals surface area contributed by atoms with Gasteiger partial charge in [0.1, 0.15) is 5.69 Å². The van der Waals surface area contributed by atoms with Gasteiger partial charge in [-0.25, -0.2) is 4.79 Å². The summed E-state index contributed by atoms with van der Waals surface area (Å²) in [7, 11) is 0.886. The number of nitro groups is 1. The molecule has 0 aliphatic rings. The number of hydrogen-bond acceptors (Lipinski definition) is 5. The van der Waals surface area contributed by atoms with Crippen LogP contribution in [0.5, 0.6) is 0 Å². The maximum Gasteiger partial charge on any atom is 0.431 e. The third-order valence-corrected chi connectivity index (χ3v) is 4.85. The summed E-state index contributed by atoms with van der Waals surface area (Å²) in [5, 5.41) is 11.0. The third kappa shape index (κ3) is 3.78. The van der Waals surface area contributed by atoms with Crippen molar-refractivity contribution in [2.45, 2.75) is 17.6 Å². The molecule has 0 saturated heterocycles. The number of hydrogen-bond donors (Lipinski definition) is 0. The Kier molecular flexibility index (Phi) is 5.52. The van der Waals surface area contributed by atoms with Gasteiger partial charge in [0.25, 0.3) is 11.2 Å². The Hall–Kier alpha value is -2.27. The standard InChI is InChI=1S/C14H11ClF3N3O4S/c1-19-10(14(16,17)18)5-11(22)20(13(19)23)6-7-3-8(21(24)25)4-9(15)12(7)26-2/h3-5H,6H2,1-2H3. The summed E-state index contributed by atoms with van der Waals surface area (Å²) in [5.41, 5.74) is -3.93. The zero-order valence-electron chi connectivity index (χ0n) is 13.3. The average molecular weight is 410 g/mol. The van der Waals surface area contributed by atoms with Gasteiger partial charge in [-0.2, -0.15) is 13.2 Å². The molecule has 140 valence electrons. The van der Waals surface area contributed by atoms with Gasteiger partial charge < -0.3 is 0 Å². The van der Waals surface area contributed by atoms with E-state index in [2.05, 4.69) is 0 Å². The molecule has 0 atom stereocenters. The van der Waals surface area contributed by atoms with Gasteiger partial charge in [-0.05, 0) is 11.8 Å². The van der Waals surface area contributed by atoms with Crippen molar-refractivity contribution in [3.8, 4) is 0 Å². The molecule has 0 saturated carbocycles. The number of non-ortho nitro benzene ring substituents is 1. The van der Waals surface area contributed by atoms with Crippen LogP contribution < -0.4 is 11.2 Å². The van der Waals surface area contributed by atoms with E-state index in [9.17, 15) is 32.9 Å². The largest absolute Gasteiger partial charge is 0.431 e. The van der Waals surface area contributed by atoms with E-state index >= 15 is 0 Å². The van der Waals surface area contributed by atoms with Gasteiger partial charge >= 0.3 is 11.9 Å². The Balaban J connectivity index is 2.67. The summed E-state index contributed by atoms with van der Waals surface area (Å²) in [6, 6.07) is 2.55. The third-order valence-electron chi connectivity index (χ3n) is 3.54. The van der Waals surface area contributed by atoms with Gasteiger partial charge in [0.15, 0.2) is 0 Å². The molecule has 0 N–H and O–H groups in total. The maximum absolute atomic E-state index is 12.9. The molecule has 0 fully saturated rings. The molecule has 12 heteroatoms. The molecule has 1 aromatic heterocycles. The Morgan fingerprint density at radius 3 is 2.38 bits per heavy atom. The van der Waals surface area contributed by atoms with Crippen molar-refractivity contribution in [1.82, 2.24) is 9.13 Å². The number of thioether (sulfide) groups is 1. The second-order valence-electron chi connectivity index (χ2n) is 5.17. The molecule has 2 aromatic rings. The smallest absolute Gasteiger partial charge is 0.292 e. The highest BCUT2D eigenvalue weighted by molar-refractivity contribution is 7.98. The van der Waals surface area contributed by atoms with E-state index in [-0.39, 0.29) is 16.3 Å². The zero-order valence-corrected chi connectivity index (χ0v) is 14.9. The molecular weight excluding hydrogens is 399 g/mol. The fourth-order valence-electron chi connectivity index (χ4n) is 2.34. The molecule has 0 unspecified atom stereocenters. The molecule has 2 rings (SSSR count). The summed E-state index contributed by atoms with van der Waals surface area (Å²) in [5.74, 6) is 0. The van der Waals surface area contributed by atoms with Gasteiger partial charge in [-0.3, -0.25) is 24.0 Å². The molecule has 0 aliphatic carbocycles. The predicted molar refractivity (Wildman–Crippen MR) is 89.9 cm³/mol. The van der Waals surface area contributed by atoms with Crippen LogP contribution in [0.2, 0.25) is 5.02 Å². The predicted octanol–water partition coefficient (Wildman–Crippen LogP) is 2.90. The van der Waals surface area contributed by atoms with Crippen molar-refractivity contribution in [3.63, 3.8) is 0 Å². The summed E-state index contributed by atoms with van der Waals surface area (Å²) in [6.45, 7) is -0.457. The summed E-state index contributed by atoms with van der Waals surface area (Å²) in [4.78, 5) is 34.9. The highest BCUT2D eigenvalue weighted by Crippen LogP contribution is 2.33. The number of nitro benzene ring substituents is 1. The van der Waals surface area contributed by atoms with Gasteiger partial charge in [0.05, 0.1) is 16.5 Å². The molecule has 26 heavy (non-hydrogen) atoms. The van der Waals surface area contributed by atoms with E-state index in [1.165, 1.54) is 0 Å². The van der Waals surface area contributed by atoms with Crippen molar-refractivity contribution in [3.05, 3.63) is 65.4 Å². The van der Waals surface area contributed by atoms with E-state index in [1.807, 2.05) is 0 Å². The molecular formula is C14H11ClF3N3O4S. The van der Waals surface area contributed by atoms with Crippen LogP contribution >= 0.6 is 23.4 Å². The molecule has 0 spiro atoms. The molecule has 1 heterocycles. The Morgan fingerprint density at radius 1 is 1.27 bits per heavy atom. The highest BCUT2D eigenvalue weighted by atomic mass is 35.5. The number of benzene rings is 1. The van der Waals surface area contributed by atoms with E-state index in [0.29, 0.717) is 20.1 Å². The minimum atomic E-state index is -4.87. The lowest BCUT2D eigenvalue weighted by atomic mass is 10.2. The lowest BCUT2D eigenvalue weighted by molar-refractivity contribution is -0.385. The van der Waals surface area contributed by atoms with Gasteiger partial charge in [0.2, 0.25) is 0 Å². The monoisotopic (exact) mass is 409 g/mol. The lowest BCUT2D eigenvalue weighted by Crippen LogP contribution is -2.42. The van der Waals surface area contributed by atoms with Gasteiger partial charge in [-0.1, -0.05) is 11.6 Å². The molecule has 0 amide bonds. The van der Waals surface area contributed by atoms with E-state index in [4.69, 9.17) is 11.6 Å². The van der Waals surface area contributed by atoms with Crippen molar-refractivity contribution in [2.75, 3.05) is 6.26 Å². The maximum atomic E-state index is 12.9. The number of halogens is 4. The number of nitrogens with zero attached hydrogens (tertiary/aromatic N) is 3. The summed E-state index contributed by atoms with van der Waals surface area (Å²) < 4.78 is 39.5. The molecule has 0 bridgehead atoms. The van der Waals surface area contributed by atoms with Crippen LogP contribution in [0, 0.1) is 10.1 Å². The van der Waals surface area contributed by atoms with Crippen molar-refractivity contribution in [1.29, 1.82) is 0 Å². The lowest BCUT2D eigenvalue weighted by Gasteiger charge is -2.15. The minimum absolute atomic E-state index is 0.0403. The van der Waals surface area contributed by atoms with E-state index < -0.39 is 34.6 Å². The topological polar surface area (TPSA) is 87.1 Å². The molecule has 1 aromatic carbocycles. The molecule has 0 aliphatic heterocycles. The zero-order chi connectivity index (χ0) is 19.8. The quantitative estimate of drug-likeness (QED) is 0.440. The van der Waals surface area contributed by atoms with Crippen LogP contribution in [0.25, 0.3) is 0 Å². The second-order valence-corrected chi connectivity index (χ2v) is 6.39. The SMILES string of the molecule is CSc1c(Cl)cc([N+](=O)[O-])cc1Cn1c(=O)cc(C(F)(F)F)n(C)c1=O. The fraction of sp³-hybridized carbons (Fsp3) is 0.286. The number of aromatic nitrogens is 2. The van der Waals surface area contributed by atoms with Crippen molar-refractivity contribution >= 4 is 29.1 Å². The minimum Gasteiger partial charge on any atom is -0.292 e. The summed E-state index contributed by atoms with van der Waals surface area (Å²) >= 11 is 7.12. The highest BCUT2D eigenvalue weighted by Gasteiger charge is 2.35. The first-order chi connectivity index (χ1) is 12.0. The number of rotatable bonds is 4. The number of alkyl halides is 3. The molecule has 7 nitrogen and oxygen atoms in total. The first-order valence-corrected chi connectivity index (χ1v) is 8.46. The fourth-order valence-corrected chi connectivity index (χ4v) is 3.45. The Labute approximate surface area is 153 Å². The van der Waals surface area contributed by atoms with Crippen LogP contribution in [0.1, 0.15) is 11.3 Å². The van der Waals surface area contributed by atoms with Crippen LogP contribution in [0.3, 0.4) is 0 Å². The normalized spacial score (nSPS) is 11.6. The van der Waals surface area contributed by atoms with Gasteiger partial charge in [-0.15, -0.1) is 11.8 Å². The van der Waals surface area contributed by atoms with Crippen molar-refractivity contribution < 1.29 is 18.1 Å². The van der Waals surface area contributed by atoms with Gasteiger partial charge in [0, 0.05) is 30.1 Å². The first-order valence-electron chi connectivity index (χ1n) is 6.86. The van der Waals surface area contributed by atoms with Crippen LogP contribution in [0.15, 0.2) is 32.7 Å². The second kappa shape index (κ2) is 7.16. The van der Waals surface area contributed by atoms with E-state index in [1.54, 1.807) is 6.26 Å². The molecule has 0 radical (unpaired) electrons. The van der Waals surface area contributed by atoms with Crippen LogP contribution in [-0.4, -0.2) is 20.3 Å². The Morgan fingerprint density at radius 2 is 1.88 bits per heavy atom. The van der Waals surface area contributed by atoms with Crippen molar-refractivity contribution in [2.24, 2.45) is 7.05 Å². The van der Waals surface area contributed by atoms with Crippen LogP contribution in [0.4, 0.5) is 18.9 Å². The first kappa shape index (κ1) is 20.0. The van der Waals surface area contributed by atoms with Crippen LogP contribution in [-0.2, 0) is 19.8 Å². The average Bonchev–Trinajstić information content (AvgIpc) is 2.53.